The molecule has 1 amide bonds. The molecule has 19 heavy (non-hydrogen) atoms. The predicted molar refractivity (Wildman–Crippen MR) is 76.0 cm³/mol. The van der Waals surface area contributed by atoms with E-state index >= 15 is 0 Å². The van der Waals surface area contributed by atoms with E-state index in [4.69, 9.17) is 11.6 Å². The first-order chi connectivity index (χ1) is 9.20. The number of hydrogen-bond acceptors (Lipinski definition) is 2. The van der Waals surface area contributed by atoms with Gasteiger partial charge in [0.2, 0.25) is 5.91 Å². The van der Waals surface area contributed by atoms with Gasteiger partial charge in [-0.2, -0.15) is 0 Å². The second-order valence-electron chi connectivity index (χ2n) is 5.67. The quantitative estimate of drug-likeness (QED) is 0.901. The Morgan fingerprint density at radius 3 is 3.00 bits per heavy atom. The lowest BCUT2D eigenvalue weighted by atomic mass is 9.79. The highest BCUT2D eigenvalue weighted by molar-refractivity contribution is 6.30. The summed E-state index contributed by atoms with van der Waals surface area (Å²) in [5.74, 6) is 0.319. The Labute approximate surface area is 118 Å². The normalized spacial score (nSPS) is 27.2. The number of hydrogen-bond donors (Lipinski definition) is 1. The Morgan fingerprint density at radius 1 is 1.37 bits per heavy atom. The van der Waals surface area contributed by atoms with Crippen LogP contribution in [0.4, 0.5) is 0 Å². The van der Waals surface area contributed by atoms with Gasteiger partial charge in [0.25, 0.3) is 0 Å². The van der Waals surface area contributed by atoms with Crippen molar-refractivity contribution in [2.75, 3.05) is 19.6 Å². The van der Waals surface area contributed by atoms with Crippen LogP contribution in [0.15, 0.2) is 24.3 Å². The van der Waals surface area contributed by atoms with Gasteiger partial charge in [0.15, 0.2) is 0 Å². The molecule has 2 heterocycles. The molecule has 0 radical (unpaired) electrons. The number of carbonyl (C=O) groups excluding carboxylic acids is 1. The summed E-state index contributed by atoms with van der Waals surface area (Å²) in [5.41, 5.74) is 0.985. The average molecular weight is 279 g/mol. The van der Waals surface area contributed by atoms with Crippen molar-refractivity contribution in [3.63, 3.8) is 0 Å². The fraction of sp³-hybridized carbons (Fsp3) is 0.533. The molecular weight excluding hydrogens is 260 g/mol. The van der Waals surface area contributed by atoms with Crippen LogP contribution in [0.25, 0.3) is 0 Å². The number of amides is 1. The average Bonchev–Trinajstić information content (AvgIpc) is 2.70. The van der Waals surface area contributed by atoms with Gasteiger partial charge in [-0.25, -0.2) is 0 Å². The van der Waals surface area contributed by atoms with E-state index in [1.165, 1.54) is 0 Å². The molecule has 1 aromatic rings. The highest BCUT2D eigenvalue weighted by Crippen LogP contribution is 2.38. The van der Waals surface area contributed by atoms with Crippen LogP contribution in [-0.2, 0) is 11.3 Å². The molecule has 3 rings (SSSR count). The van der Waals surface area contributed by atoms with Gasteiger partial charge in [-0.05, 0) is 43.5 Å². The first-order valence-corrected chi connectivity index (χ1v) is 7.32. The molecule has 0 bridgehead atoms. The molecule has 1 unspecified atom stereocenters. The van der Waals surface area contributed by atoms with E-state index < -0.39 is 0 Å². The zero-order valence-electron chi connectivity index (χ0n) is 11.0. The monoisotopic (exact) mass is 278 g/mol. The maximum absolute atomic E-state index is 12.6. The molecule has 2 aliphatic heterocycles. The van der Waals surface area contributed by atoms with Gasteiger partial charge in [0, 0.05) is 24.7 Å². The van der Waals surface area contributed by atoms with Crippen LogP contribution < -0.4 is 5.32 Å². The lowest BCUT2D eigenvalue weighted by Gasteiger charge is -2.32. The van der Waals surface area contributed by atoms with Gasteiger partial charge in [0.1, 0.15) is 0 Å². The summed E-state index contributed by atoms with van der Waals surface area (Å²) in [6, 6.07) is 7.78. The lowest BCUT2D eigenvalue weighted by Crippen LogP contribution is -2.45. The van der Waals surface area contributed by atoms with E-state index in [1.54, 1.807) is 0 Å². The minimum atomic E-state index is -0.128. The first-order valence-electron chi connectivity index (χ1n) is 6.94. The third-order valence-corrected chi connectivity index (χ3v) is 4.57. The summed E-state index contributed by atoms with van der Waals surface area (Å²) in [6.45, 7) is 3.44. The summed E-state index contributed by atoms with van der Waals surface area (Å²) < 4.78 is 0. The fourth-order valence-electron chi connectivity index (χ4n) is 3.26. The van der Waals surface area contributed by atoms with Crippen molar-refractivity contribution in [2.45, 2.75) is 25.8 Å². The van der Waals surface area contributed by atoms with Crippen molar-refractivity contribution in [1.29, 1.82) is 0 Å². The minimum absolute atomic E-state index is 0.128. The molecule has 1 aromatic carbocycles. The summed E-state index contributed by atoms with van der Waals surface area (Å²) in [6.07, 6.45) is 3.13. The van der Waals surface area contributed by atoms with E-state index in [0.29, 0.717) is 12.5 Å². The molecule has 0 saturated carbocycles. The fourth-order valence-corrected chi connectivity index (χ4v) is 3.48. The smallest absolute Gasteiger partial charge is 0.230 e. The van der Waals surface area contributed by atoms with Crippen molar-refractivity contribution in [1.82, 2.24) is 10.2 Å². The lowest BCUT2D eigenvalue weighted by molar-refractivity contribution is -0.137. The van der Waals surface area contributed by atoms with Crippen molar-refractivity contribution in [3.05, 3.63) is 34.9 Å². The topological polar surface area (TPSA) is 32.3 Å². The second-order valence-corrected chi connectivity index (χ2v) is 6.10. The van der Waals surface area contributed by atoms with Crippen molar-refractivity contribution in [2.24, 2.45) is 5.41 Å². The summed E-state index contributed by atoms with van der Waals surface area (Å²) in [7, 11) is 0. The number of nitrogens with one attached hydrogen (secondary N) is 1. The molecule has 4 heteroatoms. The second kappa shape index (κ2) is 5.14. The Hall–Kier alpha value is -1.06. The molecule has 2 saturated heterocycles. The standard InChI is InChI=1S/C15H19ClN2O/c16-13-4-1-3-12(9-13)10-18-8-6-15(14(18)19)5-2-7-17-11-15/h1,3-4,9,17H,2,5-8,10-11H2. The zero-order chi connectivity index (χ0) is 13.3. The number of nitrogens with zero attached hydrogens (tertiary/aromatic N) is 1. The van der Waals surface area contributed by atoms with Gasteiger partial charge in [0.05, 0.1) is 5.41 Å². The van der Waals surface area contributed by atoms with Crippen LogP contribution in [0.1, 0.15) is 24.8 Å². The van der Waals surface area contributed by atoms with Crippen molar-refractivity contribution >= 4 is 17.5 Å². The molecule has 102 valence electrons. The molecule has 2 aliphatic rings. The predicted octanol–water partition coefficient (Wildman–Crippen LogP) is 2.44. The van der Waals surface area contributed by atoms with Gasteiger partial charge in [-0.1, -0.05) is 23.7 Å². The number of piperidine rings is 1. The molecule has 2 fully saturated rings. The highest BCUT2D eigenvalue weighted by atomic mass is 35.5. The maximum Gasteiger partial charge on any atom is 0.230 e. The van der Waals surface area contributed by atoms with E-state index in [9.17, 15) is 4.79 Å². The van der Waals surface area contributed by atoms with Gasteiger partial charge >= 0.3 is 0 Å². The minimum Gasteiger partial charge on any atom is -0.338 e. The van der Waals surface area contributed by atoms with Gasteiger partial charge in [-0.15, -0.1) is 0 Å². The highest BCUT2D eigenvalue weighted by Gasteiger charge is 2.46. The summed E-state index contributed by atoms with van der Waals surface area (Å²) in [5, 5.41) is 4.11. The van der Waals surface area contributed by atoms with E-state index in [0.717, 1.165) is 49.5 Å². The SMILES string of the molecule is O=C1N(Cc2cccc(Cl)c2)CCC12CCCNC2. The maximum atomic E-state index is 12.6. The number of benzene rings is 1. The Bertz CT molecular complexity index is 483. The third-order valence-electron chi connectivity index (χ3n) is 4.34. The number of halogens is 1. The largest absolute Gasteiger partial charge is 0.338 e. The first kappa shape index (κ1) is 12.9. The molecule has 1 N–H and O–H groups in total. The van der Waals surface area contributed by atoms with Crippen LogP contribution in [0.3, 0.4) is 0 Å². The van der Waals surface area contributed by atoms with E-state index in [2.05, 4.69) is 5.32 Å². The third kappa shape index (κ3) is 2.49. The molecular formula is C15H19ClN2O. The molecule has 1 spiro atoms. The summed E-state index contributed by atoms with van der Waals surface area (Å²) in [4.78, 5) is 14.6. The Balaban J connectivity index is 1.72. The molecule has 3 nitrogen and oxygen atoms in total. The van der Waals surface area contributed by atoms with Gasteiger partial charge in [-0.3, -0.25) is 4.79 Å². The number of rotatable bonds is 2. The van der Waals surface area contributed by atoms with Crippen LogP contribution in [0.2, 0.25) is 5.02 Å². The molecule has 1 atom stereocenters. The van der Waals surface area contributed by atoms with Gasteiger partial charge < -0.3 is 10.2 Å². The summed E-state index contributed by atoms with van der Waals surface area (Å²) >= 11 is 6.00. The molecule has 0 aromatic heterocycles. The Kier molecular flexibility index (Phi) is 3.50. The van der Waals surface area contributed by atoms with Crippen LogP contribution in [0, 0.1) is 5.41 Å². The number of likely N-dealkylation sites (tertiary alicyclic amines) is 1. The van der Waals surface area contributed by atoms with E-state index in [-0.39, 0.29) is 5.41 Å². The Morgan fingerprint density at radius 2 is 2.26 bits per heavy atom. The van der Waals surface area contributed by atoms with Crippen LogP contribution >= 0.6 is 11.6 Å². The molecule has 0 aliphatic carbocycles. The van der Waals surface area contributed by atoms with Crippen molar-refractivity contribution in [3.8, 4) is 0 Å². The van der Waals surface area contributed by atoms with Crippen LogP contribution in [-0.4, -0.2) is 30.4 Å². The van der Waals surface area contributed by atoms with Crippen LogP contribution in [0.5, 0.6) is 0 Å². The van der Waals surface area contributed by atoms with Crippen molar-refractivity contribution < 1.29 is 4.79 Å². The number of carbonyl (C=O) groups is 1. The zero-order valence-corrected chi connectivity index (χ0v) is 11.7. The van der Waals surface area contributed by atoms with E-state index in [1.807, 2.05) is 29.2 Å².